The molecule has 0 bridgehead atoms. The van der Waals surface area contributed by atoms with Crippen molar-refractivity contribution in [2.45, 2.75) is 26.0 Å². The van der Waals surface area contributed by atoms with Crippen molar-refractivity contribution < 1.29 is 8.98 Å². The van der Waals surface area contributed by atoms with Crippen molar-refractivity contribution in [1.29, 1.82) is 0 Å². The van der Waals surface area contributed by atoms with Gasteiger partial charge in [0.1, 0.15) is 0 Å². The molecule has 1 aliphatic rings. The van der Waals surface area contributed by atoms with Crippen LogP contribution in [0.4, 0.5) is 0 Å². The lowest BCUT2D eigenvalue weighted by atomic mass is 10.1. The first kappa shape index (κ1) is 12.5. The molecule has 0 spiro atoms. The molecule has 92 valence electrons. The molecule has 1 amide bonds. The predicted octanol–water partition coefficient (Wildman–Crippen LogP) is 2.39. The second kappa shape index (κ2) is 5.56. The van der Waals surface area contributed by atoms with Gasteiger partial charge in [0, 0.05) is 25.8 Å². The number of likely N-dealkylation sites (tertiary alicyclic amines) is 1. The number of benzene rings is 1. The lowest BCUT2D eigenvalue weighted by Crippen LogP contribution is -2.29. The highest BCUT2D eigenvalue weighted by Gasteiger charge is 2.32. The SMILES string of the molecule is CSOC1CCN(Cc2ccc(C)cc2)C1=O. The summed E-state index contributed by atoms with van der Waals surface area (Å²) in [5, 5.41) is 0. The minimum atomic E-state index is -0.254. The Hall–Kier alpha value is -1.00. The maximum atomic E-state index is 12.0. The summed E-state index contributed by atoms with van der Waals surface area (Å²) in [6.45, 7) is 3.54. The molecule has 1 aromatic rings. The number of aryl methyl sites for hydroxylation is 1. The van der Waals surface area contributed by atoms with Crippen molar-refractivity contribution in [2.75, 3.05) is 12.8 Å². The first-order valence-electron chi connectivity index (χ1n) is 5.74. The minimum Gasteiger partial charge on any atom is -0.336 e. The van der Waals surface area contributed by atoms with Crippen LogP contribution in [0.15, 0.2) is 24.3 Å². The van der Waals surface area contributed by atoms with E-state index < -0.39 is 0 Å². The molecular weight excluding hydrogens is 234 g/mol. The summed E-state index contributed by atoms with van der Waals surface area (Å²) in [6.07, 6.45) is 2.39. The second-order valence-electron chi connectivity index (χ2n) is 4.29. The van der Waals surface area contributed by atoms with E-state index in [0.717, 1.165) is 13.0 Å². The maximum Gasteiger partial charge on any atom is 0.253 e. The smallest absolute Gasteiger partial charge is 0.253 e. The lowest BCUT2D eigenvalue weighted by Gasteiger charge is -2.16. The fourth-order valence-corrected chi connectivity index (χ4v) is 2.40. The van der Waals surface area contributed by atoms with Gasteiger partial charge in [-0.25, -0.2) is 0 Å². The molecule has 1 atom stereocenters. The van der Waals surface area contributed by atoms with E-state index in [0.29, 0.717) is 6.54 Å². The molecule has 1 aromatic carbocycles. The lowest BCUT2D eigenvalue weighted by molar-refractivity contribution is -0.133. The van der Waals surface area contributed by atoms with Crippen molar-refractivity contribution in [3.63, 3.8) is 0 Å². The van der Waals surface area contributed by atoms with Gasteiger partial charge < -0.3 is 9.08 Å². The van der Waals surface area contributed by atoms with Gasteiger partial charge in [-0.2, -0.15) is 0 Å². The highest BCUT2D eigenvalue weighted by molar-refractivity contribution is 7.93. The zero-order valence-electron chi connectivity index (χ0n) is 10.2. The second-order valence-corrected chi connectivity index (χ2v) is 4.81. The maximum absolute atomic E-state index is 12.0. The Morgan fingerprint density at radius 2 is 2.12 bits per heavy atom. The summed E-state index contributed by atoms with van der Waals surface area (Å²) in [6, 6.07) is 8.30. The predicted molar refractivity (Wildman–Crippen MR) is 69.6 cm³/mol. The molecule has 0 radical (unpaired) electrons. The van der Waals surface area contributed by atoms with Gasteiger partial charge in [0.2, 0.25) is 0 Å². The van der Waals surface area contributed by atoms with Crippen LogP contribution in [0.25, 0.3) is 0 Å². The number of nitrogens with zero attached hydrogens (tertiary/aromatic N) is 1. The minimum absolute atomic E-state index is 0.111. The van der Waals surface area contributed by atoms with Crippen molar-refractivity contribution >= 4 is 17.9 Å². The molecule has 1 fully saturated rings. The van der Waals surface area contributed by atoms with E-state index in [9.17, 15) is 4.79 Å². The van der Waals surface area contributed by atoms with Gasteiger partial charge in [0.15, 0.2) is 6.10 Å². The van der Waals surface area contributed by atoms with Gasteiger partial charge in [0.25, 0.3) is 5.91 Å². The van der Waals surface area contributed by atoms with Crippen LogP contribution in [0.2, 0.25) is 0 Å². The number of amides is 1. The quantitative estimate of drug-likeness (QED) is 0.770. The van der Waals surface area contributed by atoms with Crippen LogP contribution in [0.1, 0.15) is 17.5 Å². The van der Waals surface area contributed by atoms with Gasteiger partial charge in [-0.05, 0) is 24.5 Å². The molecular formula is C13H17NO2S. The van der Waals surface area contributed by atoms with E-state index in [2.05, 4.69) is 31.2 Å². The van der Waals surface area contributed by atoms with Crippen molar-refractivity contribution in [3.8, 4) is 0 Å². The Kier molecular flexibility index (Phi) is 4.07. The number of hydrogen-bond acceptors (Lipinski definition) is 3. The highest BCUT2D eigenvalue weighted by atomic mass is 32.2. The Morgan fingerprint density at radius 3 is 2.76 bits per heavy atom. The summed E-state index contributed by atoms with van der Waals surface area (Å²) >= 11 is 1.27. The highest BCUT2D eigenvalue weighted by Crippen LogP contribution is 2.20. The third kappa shape index (κ3) is 3.01. The molecule has 0 aromatic heterocycles. The molecule has 4 heteroatoms. The van der Waals surface area contributed by atoms with Gasteiger partial charge in [-0.3, -0.25) is 4.79 Å². The van der Waals surface area contributed by atoms with E-state index in [4.69, 9.17) is 4.18 Å². The average molecular weight is 251 g/mol. The normalized spacial score (nSPS) is 20.0. The molecule has 0 aliphatic carbocycles. The summed E-state index contributed by atoms with van der Waals surface area (Å²) in [5.41, 5.74) is 2.42. The van der Waals surface area contributed by atoms with Gasteiger partial charge in [0.05, 0.1) is 0 Å². The summed E-state index contributed by atoms with van der Waals surface area (Å²) < 4.78 is 5.33. The van der Waals surface area contributed by atoms with E-state index >= 15 is 0 Å². The summed E-state index contributed by atoms with van der Waals surface area (Å²) in [4.78, 5) is 13.8. The third-order valence-corrected chi connectivity index (χ3v) is 3.38. The van der Waals surface area contributed by atoms with Crippen LogP contribution in [0, 0.1) is 6.92 Å². The Labute approximate surface area is 106 Å². The standard InChI is InChI=1S/C13H17NO2S/c1-10-3-5-11(6-4-10)9-14-8-7-12(13(14)15)16-17-2/h3-6,12H,7-9H2,1-2H3. The van der Waals surface area contributed by atoms with E-state index in [-0.39, 0.29) is 12.0 Å². The van der Waals surface area contributed by atoms with Gasteiger partial charge in [-0.1, -0.05) is 29.8 Å². The number of carbonyl (C=O) groups is 1. The molecule has 17 heavy (non-hydrogen) atoms. The summed E-state index contributed by atoms with van der Waals surface area (Å²) in [7, 11) is 0. The van der Waals surface area contributed by atoms with Crippen molar-refractivity contribution in [1.82, 2.24) is 4.90 Å². The van der Waals surface area contributed by atoms with Crippen LogP contribution < -0.4 is 0 Å². The monoisotopic (exact) mass is 251 g/mol. The van der Waals surface area contributed by atoms with Crippen LogP contribution in [-0.4, -0.2) is 29.7 Å². The van der Waals surface area contributed by atoms with Crippen LogP contribution in [0.3, 0.4) is 0 Å². The molecule has 0 saturated carbocycles. The van der Waals surface area contributed by atoms with E-state index in [1.54, 1.807) is 0 Å². The van der Waals surface area contributed by atoms with Crippen molar-refractivity contribution in [3.05, 3.63) is 35.4 Å². The molecule has 1 unspecified atom stereocenters. The third-order valence-electron chi connectivity index (χ3n) is 2.95. The first-order valence-corrected chi connectivity index (χ1v) is 6.89. The fourth-order valence-electron chi connectivity index (χ4n) is 1.99. The fraction of sp³-hybridized carbons (Fsp3) is 0.462. The number of rotatable bonds is 4. The van der Waals surface area contributed by atoms with E-state index in [1.807, 2.05) is 11.2 Å². The average Bonchev–Trinajstić information content (AvgIpc) is 2.65. The Bertz CT molecular complexity index is 391. The molecule has 3 nitrogen and oxygen atoms in total. The zero-order valence-corrected chi connectivity index (χ0v) is 11.0. The zero-order chi connectivity index (χ0) is 12.3. The molecule has 2 rings (SSSR count). The van der Waals surface area contributed by atoms with Crippen LogP contribution in [-0.2, 0) is 15.5 Å². The number of carbonyl (C=O) groups excluding carboxylic acids is 1. The topological polar surface area (TPSA) is 29.5 Å². The van der Waals surface area contributed by atoms with Gasteiger partial charge in [-0.15, -0.1) is 0 Å². The Morgan fingerprint density at radius 1 is 1.41 bits per heavy atom. The van der Waals surface area contributed by atoms with E-state index in [1.165, 1.54) is 23.2 Å². The molecule has 1 saturated heterocycles. The number of hydrogen-bond donors (Lipinski definition) is 0. The van der Waals surface area contributed by atoms with Gasteiger partial charge >= 0.3 is 0 Å². The first-order chi connectivity index (χ1) is 8.20. The van der Waals surface area contributed by atoms with Crippen molar-refractivity contribution in [2.24, 2.45) is 0 Å². The van der Waals surface area contributed by atoms with Crippen LogP contribution >= 0.6 is 12.0 Å². The Balaban J connectivity index is 1.96. The molecule has 1 aliphatic heterocycles. The largest absolute Gasteiger partial charge is 0.336 e. The van der Waals surface area contributed by atoms with Crippen LogP contribution in [0.5, 0.6) is 0 Å². The molecule has 1 heterocycles. The summed E-state index contributed by atoms with van der Waals surface area (Å²) in [5.74, 6) is 0.111. The molecule has 0 N–H and O–H groups in total.